The number of carbonyl (C=O) groups excluding carboxylic acids is 1. The van der Waals surface area contributed by atoms with Crippen molar-refractivity contribution in [2.75, 3.05) is 55.0 Å². The summed E-state index contributed by atoms with van der Waals surface area (Å²) in [6, 6.07) is 13.8. The van der Waals surface area contributed by atoms with E-state index in [0.717, 1.165) is 49.0 Å². The molecule has 0 spiro atoms. The van der Waals surface area contributed by atoms with E-state index in [1.807, 2.05) is 43.4 Å². The van der Waals surface area contributed by atoms with Crippen molar-refractivity contribution in [2.24, 2.45) is 4.99 Å². The molecule has 0 aliphatic rings. The van der Waals surface area contributed by atoms with Crippen LogP contribution in [-0.4, -0.2) is 76.7 Å². The standard InChI is InChI=1S/C25H36N4O3/c1-7-26-25(27-15-13-19-9-8-10-21(17-19)24(30)28(2)3)29(4)16-14-20-11-12-22(31-5)23(18-20)32-6/h8-12,17-18H,7,13-16H2,1-6H3,(H,26,27). The molecule has 1 N–H and O–H groups in total. The smallest absolute Gasteiger partial charge is 0.253 e. The minimum Gasteiger partial charge on any atom is -0.493 e. The fourth-order valence-corrected chi connectivity index (χ4v) is 3.32. The van der Waals surface area contributed by atoms with Crippen molar-refractivity contribution >= 4 is 11.9 Å². The van der Waals surface area contributed by atoms with Crippen LogP contribution in [0.1, 0.15) is 28.4 Å². The predicted octanol–water partition coefficient (Wildman–Crippen LogP) is 3.09. The molecule has 1 amide bonds. The summed E-state index contributed by atoms with van der Waals surface area (Å²) in [6.07, 6.45) is 1.63. The Kier molecular flexibility index (Phi) is 9.85. The van der Waals surface area contributed by atoms with Crippen LogP contribution in [0.4, 0.5) is 0 Å². The highest BCUT2D eigenvalue weighted by Gasteiger charge is 2.10. The van der Waals surface area contributed by atoms with Gasteiger partial charge in [0.2, 0.25) is 0 Å². The molecule has 0 aromatic heterocycles. The van der Waals surface area contributed by atoms with E-state index in [1.54, 1.807) is 33.2 Å². The van der Waals surface area contributed by atoms with Crippen molar-refractivity contribution in [1.82, 2.24) is 15.1 Å². The van der Waals surface area contributed by atoms with E-state index in [2.05, 4.69) is 23.2 Å². The SMILES string of the molecule is CCNC(=NCCc1cccc(C(=O)N(C)C)c1)N(C)CCc1ccc(OC)c(OC)c1. The zero-order chi connectivity index (χ0) is 23.5. The number of aliphatic imine (C=N–C) groups is 1. The van der Waals surface area contributed by atoms with E-state index in [1.165, 1.54) is 5.56 Å². The molecule has 0 heterocycles. The van der Waals surface area contributed by atoms with Gasteiger partial charge in [-0.15, -0.1) is 0 Å². The van der Waals surface area contributed by atoms with Gasteiger partial charge in [-0.3, -0.25) is 9.79 Å². The summed E-state index contributed by atoms with van der Waals surface area (Å²) < 4.78 is 10.7. The third-order valence-electron chi connectivity index (χ3n) is 5.12. The number of hydrogen-bond acceptors (Lipinski definition) is 4. The Bertz CT molecular complexity index is 912. The zero-order valence-electron chi connectivity index (χ0n) is 20.1. The number of nitrogens with zero attached hydrogens (tertiary/aromatic N) is 3. The van der Waals surface area contributed by atoms with Gasteiger partial charge < -0.3 is 24.6 Å². The highest BCUT2D eigenvalue weighted by molar-refractivity contribution is 5.94. The van der Waals surface area contributed by atoms with Crippen molar-refractivity contribution in [3.63, 3.8) is 0 Å². The molecule has 0 saturated carbocycles. The second-order valence-corrected chi connectivity index (χ2v) is 7.75. The van der Waals surface area contributed by atoms with E-state index >= 15 is 0 Å². The summed E-state index contributed by atoms with van der Waals surface area (Å²) >= 11 is 0. The first-order valence-corrected chi connectivity index (χ1v) is 10.9. The van der Waals surface area contributed by atoms with Gasteiger partial charge in [0.15, 0.2) is 17.5 Å². The van der Waals surface area contributed by atoms with Gasteiger partial charge in [0.25, 0.3) is 5.91 Å². The lowest BCUT2D eigenvalue weighted by Gasteiger charge is -2.22. The van der Waals surface area contributed by atoms with Gasteiger partial charge in [-0.25, -0.2) is 0 Å². The first-order chi connectivity index (χ1) is 15.4. The van der Waals surface area contributed by atoms with Crippen LogP contribution in [-0.2, 0) is 12.8 Å². The van der Waals surface area contributed by atoms with Gasteiger partial charge in [0.05, 0.1) is 14.2 Å². The molecule has 174 valence electrons. The second kappa shape index (κ2) is 12.6. The average molecular weight is 441 g/mol. The van der Waals surface area contributed by atoms with Crippen molar-refractivity contribution in [3.05, 3.63) is 59.2 Å². The van der Waals surface area contributed by atoms with E-state index < -0.39 is 0 Å². The summed E-state index contributed by atoms with van der Waals surface area (Å²) in [5.74, 6) is 2.35. The molecule has 7 nitrogen and oxygen atoms in total. The summed E-state index contributed by atoms with van der Waals surface area (Å²) in [7, 11) is 8.86. The highest BCUT2D eigenvalue weighted by Crippen LogP contribution is 2.27. The molecule has 0 unspecified atom stereocenters. The lowest BCUT2D eigenvalue weighted by atomic mass is 10.1. The lowest BCUT2D eigenvalue weighted by molar-refractivity contribution is 0.0827. The maximum absolute atomic E-state index is 12.2. The Morgan fingerprint density at radius 2 is 1.69 bits per heavy atom. The summed E-state index contributed by atoms with van der Waals surface area (Å²) in [5, 5.41) is 3.36. The van der Waals surface area contributed by atoms with Crippen LogP contribution in [0.5, 0.6) is 11.5 Å². The average Bonchev–Trinajstić information content (AvgIpc) is 2.81. The number of amides is 1. The molecule has 0 aliphatic carbocycles. The summed E-state index contributed by atoms with van der Waals surface area (Å²) in [4.78, 5) is 20.7. The fraction of sp³-hybridized carbons (Fsp3) is 0.440. The van der Waals surface area contributed by atoms with Crippen molar-refractivity contribution in [1.29, 1.82) is 0 Å². The molecule has 0 aliphatic heterocycles. The molecular formula is C25H36N4O3. The number of benzene rings is 2. The summed E-state index contributed by atoms with van der Waals surface area (Å²) in [6.45, 7) is 4.32. The van der Waals surface area contributed by atoms with E-state index in [-0.39, 0.29) is 5.91 Å². The molecule has 7 heteroatoms. The Labute approximate surface area is 192 Å². The number of likely N-dealkylation sites (N-methyl/N-ethyl adjacent to an activating group) is 1. The number of nitrogens with one attached hydrogen (secondary N) is 1. The Hall–Kier alpha value is -3.22. The maximum atomic E-state index is 12.2. The number of hydrogen-bond donors (Lipinski definition) is 1. The van der Waals surface area contributed by atoms with Gasteiger partial charge in [-0.05, 0) is 55.2 Å². The van der Waals surface area contributed by atoms with Crippen molar-refractivity contribution in [3.8, 4) is 11.5 Å². The molecule has 0 bridgehead atoms. The minimum absolute atomic E-state index is 0.0126. The third-order valence-corrected chi connectivity index (χ3v) is 5.12. The molecule has 32 heavy (non-hydrogen) atoms. The number of rotatable bonds is 10. The first-order valence-electron chi connectivity index (χ1n) is 10.9. The van der Waals surface area contributed by atoms with Crippen LogP contribution in [0, 0.1) is 0 Å². The van der Waals surface area contributed by atoms with E-state index in [4.69, 9.17) is 14.5 Å². The monoisotopic (exact) mass is 440 g/mol. The lowest BCUT2D eigenvalue weighted by Crippen LogP contribution is -2.40. The number of methoxy groups -OCH3 is 2. The van der Waals surface area contributed by atoms with Gasteiger partial charge >= 0.3 is 0 Å². The van der Waals surface area contributed by atoms with Crippen LogP contribution < -0.4 is 14.8 Å². The van der Waals surface area contributed by atoms with Crippen LogP contribution >= 0.6 is 0 Å². The van der Waals surface area contributed by atoms with Crippen LogP contribution in [0.25, 0.3) is 0 Å². The van der Waals surface area contributed by atoms with Crippen LogP contribution in [0.3, 0.4) is 0 Å². The van der Waals surface area contributed by atoms with Gasteiger partial charge in [0.1, 0.15) is 0 Å². The third kappa shape index (κ3) is 7.18. The Morgan fingerprint density at radius 1 is 0.969 bits per heavy atom. The molecule has 2 rings (SSSR count). The molecule has 0 fully saturated rings. The van der Waals surface area contributed by atoms with Crippen molar-refractivity contribution in [2.45, 2.75) is 19.8 Å². The number of ether oxygens (including phenoxy) is 2. The Morgan fingerprint density at radius 3 is 2.34 bits per heavy atom. The van der Waals surface area contributed by atoms with E-state index in [0.29, 0.717) is 12.1 Å². The number of carbonyl (C=O) groups is 1. The quantitative estimate of drug-likeness (QED) is 0.454. The fourth-order valence-electron chi connectivity index (χ4n) is 3.32. The largest absolute Gasteiger partial charge is 0.493 e. The molecule has 0 radical (unpaired) electrons. The van der Waals surface area contributed by atoms with Crippen LogP contribution in [0.2, 0.25) is 0 Å². The second-order valence-electron chi connectivity index (χ2n) is 7.75. The molecule has 2 aromatic carbocycles. The molecular weight excluding hydrogens is 404 g/mol. The van der Waals surface area contributed by atoms with Crippen LogP contribution in [0.15, 0.2) is 47.5 Å². The molecule has 2 aromatic rings. The Balaban J connectivity index is 1.98. The van der Waals surface area contributed by atoms with Gasteiger partial charge in [-0.2, -0.15) is 0 Å². The topological polar surface area (TPSA) is 66.4 Å². The number of guanidine groups is 1. The zero-order valence-corrected chi connectivity index (χ0v) is 20.1. The van der Waals surface area contributed by atoms with Crippen molar-refractivity contribution < 1.29 is 14.3 Å². The maximum Gasteiger partial charge on any atom is 0.253 e. The van der Waals surface area contributed by atoms with E-state index in [9.17, 15) is 4.79 Å². The highest BCUT2D eigenvalue weighted by atomic mass is 16.5. The molecule has 0 atom stereocenters. The minimum atomic E-state index is 0.0126. The predicted molar refractivity (Wildman–Crippen MR) is 130 cm³/mol. The molecule has 0 saturated heterocycles. The van der Waals surface area contributed by atoms with Gasteiger partial charge in [0, 0.05) is 46.3 Å². The van der Waals surface area contributed by atoms with Gasteiger partial charge in [-0.1, -0.05) is 18.2 Å². The summed E-state index contributed by atoms with van der Waals surface area (Å²) in [5.41, 5.74) is 2.98. The normalized spacial score (nSPS) is 11.1. The first kappa shape index (κ1) is 25.0.